The third-order valence-electron chi connectivity index (χ3n) is 2.84. The second-order valence-electron chi connectivity index (χ2n) is 4.37. The molecule has 19 heavy (non-hydrogen) atoms. The molecule has 0 aliphatic carbocycles. The van der Waals surface area contributed by atoms with E-state index in [9.17, 15) is 0 Å². The number of hydrogen-bond donors (Lipinski definition) is 2. The van der Waals surface area contributed by atoms with Gasteiger partial charge in [-0.25, -0.2) is 4.98 Å². The minimum absolute atomic E-state index is 0.0797. The van der Waals surface area contributed by atoms with Crippen molar-refractivity contribution in [3.8, 4) is 0 Å². The number of aryl methyl sites for hydroxylation is 1. The number of thiocarbonyl (C=S) groups is 1. The fourth-order valence-electron chi connectivity index (χ4n) is 1.79. The lowest BCUT2D eigenvalue weighted by atomic mass is 10.1. The van der Waals surface area contributed by atoms with E-state index in [-0.39, 0.29) is 6.04 Å². The van der Waals surface area contributed by atoms with Crippen LogP contribution in [0.4, 0.5) is 5.82 Å². The predicted molar refractivity (Wildman–Crippen MR) is 81.1 cm³/mol. The molecule has 0 saturated carbocycles. The van der Waals surface area contributed by atoms with Crippen LogP contribution >= 0.6 is 12.2 Å². The molecule has 1 unspecified atom stereocenters. The quantitative estimate of drug-likeness (QED) is 0.838. The molecule has 4 nitrogen and oxygen atoms in total. The number of pyridine rings is 2. The van der Waals surface area contributed by atoms with Crippen LogP contribution in [0.25, 0.3) is 0 Å². The van der Waals surface area contributed by atoms with Crippen LogP contribution in [0.1, 0.15) is 29.8 Å². The maximum absolute atomic E-state index is 5.72. The molecule has 2 aromatic rings. The number of nitrogens with zero attached hydrogens (tertiary/aromatic N) is 2. The Morgan fingerprint density at radius 2 is 2.16 bits per heavy atom. The van der Waals surface area contributed by atoms with Crippen molar-refractivity contribution < 1.29 is 0 Å². The van der Waals surface area contributed by atoms with Gasteiger partial charge < -0.3 is 11.1 Å². The molecule has 1 atom stereocenters. The zero-order chi connectivity index (χ0) is 13.8. The number of rotatable bonds is 4. The molecule has 2 heterocycles. The molecule has 0 aromatic carbocycles. The van der Waals surface area contributed by atoms with Gasteiger partial charge >= 0.3 is 0 Å². The minimum Gasteiger partial charge on any atom is -0.389 e. The highest BCUT2D eigenvalue weighted by atomic mass is 32.1. The molecule has 0 spiro atoms. The van der Waals surface area contributed by atoms with Gasteiger partial charge in [-0.3, -0.25) is 4.98 Å². The average Bonchev–Trinajstić information content (AvgIpc) is 2.39. The maximum atomic E-state index is 5.72. The summed E-state index contributed by atoms with van der Waals surface area (Å²) in [5.74, 6) is 0.712. The first kappa shape index (κ1) is 13.4. The lowest BCUT2D eigenvalue weighted by Crippen LogP contribution is -2.16. The number of aromatic nitrogens is 2. The summed E-state index contributed by atoms with van der Waals surface area (Å²) in [6, 6.07) is 7.79. The van der Waals surface area contributed by atoms with Gasteiger partial charge in [0, 0.05) is 18.1 Å². The Bertz CT molecular complexity index is 583. The number of nitrogens with one attached hydrogen (secondary N) is 1. The van der Waals surface area contributed by atoms with Crippen molar-refractivity contribution >= 4 is 23.0 Å². The first-order valence-electron chi connectivity index (χ1n) is 6.02. The Morgan fingerprint density at radius 1 is 1.37 bits per heavy atom. The van der Waals surface area contributed by atoms with Gasteiger partial charge in [-0.15, -0.1) is 0 Å². The van der Waals surface area contributed by atoms with Crippen LogP contribution in [0.5, 0.6) is 0 Å². The third-order valence-corrected chi connectivity index (χ3v) is 3.06. The van der Waals surface area contributed by atoms with Crippen LogP contribution in [0.15, 0.2) is 36.7 Å². The largest absolute Gasteiger partial charge is 0.389 e. The van der Waals surface area contributed by atoms with E-state index in [0.29, 0.717) is 10.8 Å². The lowest BCUT2D eigenvalue weighted by molar-refractivity contribution is 0.863. The van der Waals surface area contributed by atoms with Crippen LogP contribution < -0.4 is 11.1 Å². The molecule has 2 aromatic heterocycles. The van der Waals surface area contributed by atoms with Gasteiger partial charge in [0.1, 0.15) is 10.8 Å². The van der Waals surface area contributed by atoms with Gasteiger partial charge in [0.05, 0.1) is 11.6 Å². The molecule has 0 radical (unpaired) electrons. The van der Waals surface area contributed by atoms with Crippen molar-refractivity contribution in [1.29, 1.82) is 0 Å². The summed E-state index contributed by atoms with van der Waals surface area (Å²) in [5, 5.41) is 3.33. The predicted octanol–water partition coefficient (Wildman–Crippen LogP) is 2.59. The van der Waals surface area contributed by atoms with Gasteiger partial charge in [0.2, 0.25) is 0 Å². The molecule has 0 aliphatic heterocycles. The number of nitrogens with two attached hydrogens (primary N) is 1. The topological polar surface area (TPSA) is 63.8 Å². The van der Waals surface area contributed by atoms with Crippen molar-refractivity contribution in [3.63, 3.8) is 0 Å². The van der Waals surface area contributed by atoms with Crippen LogP contribution in [0.2, 0.25) is 0 Å². The van der Waals surface area contributed by atoms with Gasteiger partial charge in [-0.2, -0.15) is 0 Å². The summed E-state index contributed by atoms with van der Waals surface area (Å²) < 4.78 is 0. The Morgan fingerprint density at radius 3 is 2.79 bits per heavy atom. The van der Waals surface area contributed by atoms with Crippen LogP contribution in [-0.2, 0) is 0 Å². The molecule has 98 valence electrons. The number of hydrogen-bond acceptors (Lipinski definition) is 4. The standard InChI is InChI=1S/C14H16N4S/c1-9-5-6-12(13(15)19)14(17-9)18-10(2)11-4-3-7-16-8-11/h3-8,10H,1-2H3,(H2,15,19)(H,17,18). The van der Waals surface area contributed by atoms with Crippen molar-refractivity contribution in [3.05, 3.63) is 53.5 Å². The fraction of sp³-hybridized carbons (Fsp3) is 0.214. The van der Waals surface area contributed by atoms with Gasteiger partial charge in [-0.1, -0.05) is 18.3 Å². The highest BCUT2D eigenvalue weighted by Gasteiger charge is 2.11. The van der Waals surface area contributed by atoms with E-state index in [1.165, 1.54) is 0 Å². The van der Waals surface area contributed by atoms with Crippen molar-refractivity contribution in [2.45, 2.75) is 19.9 Å². The van der Waals surface area contributed by atoms with Crippen molar-refractivity contribution in [1.82, 2.24) is 9.97 Å². The molecule has 0 amide bonds. The Balaban J connectivity index is 2.28. The average molecular weight is 272 g/mol. The van der Waals surface area contributed by atoms with E-state index in [0.717, 1.165) is 16.8 Å². The summed E-state index contributed by atoms with van der Waals surface area (Å²) in [6.07, 6.45) is 3.58. The normalized spacial score (nSPS) is 11.9. The smallest absolute Gasteiger partial charge is 0.136 e. The SMILES string of the molecule is Cc1ccc(C(N)=S)c(NC(C)c2cccnc2)n1. The minimum atomic E-state index is 0.0797. The maximum Gasteiger partial charge on any atom is 0.136 e. The van der Waals surface area contributed by atoms with E-state index in [4.69, 9.17) is 18.0 Å². The van der Waals surface area contributed by atoms with Crippen LogP contribution in [-0.4, -0.2) is 15.0 Å². The molecule has 5 heteroatoms. The molecule has 3 N–H and O–H groups in total. The molecule has 0 bridgehead atoms. The molecule has 0 fully saturated rings. The van der Waals surface area contributed by atoms with Crippen LogP contribution in [0, 0.1) is 6.92 Å². The zero-order valence-corrected chi connectivity index (χ0v) is 11.7. The first-order chi connectivity index (χ1) is 9.08. The molecule has 0 aliphatic rings. The monoisotopic (exact) mass is 272 g/mol. The summed E-state index contributed by atoms with van der Waals surface area (Å²) >= 11 is 5.05. The second kappa shape index (κ2) is 5.75. The zero-order valence-electron chi connectivity index (χ0n) is 10.9. The fourth-order valence-corrected chi connectivity index (χ4v) is 1.95. The van der Waals surface area contributed by atoms with Crippen LogP contribution in [0.3, 0.4) is 0 Å². The first-order valence-corrected chi connectivity index (χ1v) is 6.42. The highest BCUT2D eigenvalue weighted by molar-refractivity contribution is 7.80. The van der Waals surface area contributed by atoms with E-state index >= 15 is 0 Å². The van der Waals surface area contributed by atoms with Gasteiger partial charge in [0.15, 0.2) is 0 Å². The van der Waals surface area contributed by atoms with Crippen molar-refractivity contribution in [2.75, 3.05) is 5.32 Å². The number of anilines is 1. The van der Waals surface area contributed by atoms with E-state index in [1.54, 1.807) is 6.20 Å². The molecular formula is C14H16N4S. The van der Waals surface area contributed by atoms with E-state index in [1.807, 2.05) is 44.3 Å². The van der Waals surface area contributed by atoms with Gasteiger partial charge in [0.25, 0.3) is 0 Å². The lowest BCUT2D eigenvalue weighted by Gasteiger charge is -2.17. The molecular weight excluding hydrogens is 256 g/mol. The second-order valence-corrected chi connectivity index (χ2v) is 4.81. The Kier molecular flexibility index (Phi) is 4.06. The summed E-state index contributed by atoms with van der Waals surface area (Å²) in [4.78, 5) is 8.91. The molecule has 2 rings (SSSR count). The van der Waals surface area contributed by atoms with Gasteiger partial charge in [-0.05, 0) is 37.6 Å². The summed E-state index contributed by atoms with van der Waals surface area (Å²) in [6.45, 7) is 3.98. The Labute approximate surface area is 118 Å². The third kappa shape index (κ3) is 3.26. The Hall–Kier alpha value is -2.01. The van der Waals surface area contributed by atoms with Crippen molar-refractivity contribution in [2.24, 2.45) is 5.73 Å². The highest BCUT2D eigenvalue weighted by Crippen LogP contribution is 2.20. The van der Waals surface area contributed by atoms with E-state index < -0.39 is 0 Å². The van der Waals surface area contributed by atoms with E-state index in [2.05, 4.69) is 15.3 Å². The summed E-state index contributed by atoms with van der Waals surface area (Å²) in [5.41, 5.74) is 8.48. The molecule has 0 saturated heterocycles. The summed E-state index contributed by atoms with van der Waals surface area (Å²) in [7, 11) is 0.